The van der Waals surface area contributed by atoms with Gasteiger partial charge in [-0.25, -0.2) is 0 Å². The first-order valence-corrected chi connectivity index (χ1v) is 8.34. The number of ether oxygens (including phenoxy) is 1. The summed E-state index contributed by atoms with van der Waals surface area (Å²) in [6.45, 7) is 3.22. The molecule has 2 heteroatoms. The van der Waals surface area contributed by atoms with Crippen molar-refractivity contribution in [3.8, 4) is 5.75 Å². The summed E-state index contributed by atoms with van der Waals surface area (Å²) in [5, 5.41) is 3.67. The van der Waals surface area contributed by atoms with Gasteiger partial charge in [0.15, 0.2) is 0 Å². The average Bonchev–Trinajstić information content (AvgIpc) is 2.44. The van der Waals surface area contributed by atoms with Crippen molar-refractivity contribution in [2.75, 3.05) is 6.54 Å². The number of hydrogen-bond acceptors (Lipinski definition) is 2. The van der Waals surface area contributed by atoms with E-state index in [0.29, 0.717) is 6.04 Å². The first-order chi connectivity index (χ1) is 9.83. The maximum absolute atomic E-state index is 6.53. The Kier molecular flexibility index (Phi) is 4.30. The quantitative estimate of drug-likeness (QED) is 0.850. The molecule has 1 aliphatic carbocycles. The Hall–Kier alpha value is -1.02. The van der Waals surface area contributed by atoms with Crippen molar-refractivity contribution in [3.05, 3.63) is 29.8 Å². The lowest BCUT2D eigenvalue weighted by Crippen LogP contribution is -2.44. The van der Waals surface area contributed by atoms with Crippen LogP contribution in [0, 0.1) is 0 Å². The van der Waals surface area contributed by atoms with Crippen LogP contribution in [0.1, 0.15) is 69.9 Å². The molecule has 0 aromatic heterocycles. The summed E-state index contributed by atoms with van der Waals surface area (Å²) in [4.78, 5) is 0. The molecule has 1 unspecified atom stereocenters. The van der Waals surface area contributed by atoms with E-state index >= 15 is 0 Å². The van der Waals surface area contributed by atoms with Crippen LogP contribution < -0.4 is 10.1 Å². The summed E-state index contributed by atoms with van der Waals surface area (Å²) in [5.41, 5.74) is 1.43. The van der Waals surface area contributed by atoms with Gasteiger partial charge in [-0.3, -0.25) is 0 Å². The molecule has 0 bridgehead atoms. The second-order valence-corrected chi connectivity index (χ2v) is 6.41. The van der Waals surface area contributed by atoms with E-state index in [4.69, 9.17) is 4.74 Å². The number of hydrogen-bond donors (Lipinski definition) is 1. The lowest BCUT2D eigenvalue weighted by atomic mass is 9.78. The topological polar surface area (TPSA) is 21.3 Å². The fourth-order valence-corrected chi connectivity index (χ4v) is 3.90. The van der Waals surface area contributed by atoms with Crippen LogP contribution in [0.5, 0.6) is 5.75 Å². The van der Waals surface area contributed by atoms with E-state index in [1.807, 2.05) is 0 Å². The number of nitrogens with one attached hydrogen (secondary N) is 1. The summed E-state index contributed by atoms with van der Waals surface area (Å²) in [6.07, 6.45) is 10.4. The fraction of sp³-hybridized carbons (Fsp3) is 0.667. The maximum Gasteiger partial charge on any atom is 0.124 e. The van der Waals surface area contributed by atoms with Gasteiger partial charge in [-0.1, -0.05) is 44.4 Å². The second-order valence-electron chi connectivity index (χ2n) is 6.41. The van der Waals surface area contributed by atoms with Gasteiger partial charge in [0.1, 0.15) is 11.4 Å². The highest BCUT2D eigenvalue weighted by atomic mass is 16.5. The van der Waals surface area contributed by atoms with E-state index in [2.05, 4.69) is 36.5 Å². The molecule has 2 nitrogen and oxygen atoms in total. The van der Waals surface area contributed by atoms with Crippen molar-refractivity contribution in [3.63, 3.8) is 0 Å². The van der Waals surface area contributed by atoms with Crippen LogP contribution in [0.2, 0.25) is 0 Å². The predicted octanol–water partition coefficient (Wildman–Crippen LogP) is 4.60. The van der Waals surface area contributed by atoms with Gasteiger partial charge in [0.2, 0.25) is 0 Å². The average molecular weight is 273 g/mol. The Morgan fingerprint density at radius 2 is 1.80 bits per heavy atom. The first kappa shape index (κ1) is 13.9. The zero-order valence-corrected chi connectivity index (χ0v) is 12.7. The molecule has 1 heterocycles. The van der Waals surface area contributed by atoms with Crippen molar-refractivity contribution in [1.82, 2.24) is 5.32 Å². The number of fused-ring (bicyclic) bond motifs is 1. The van der Waals surface area contributed by atoms with Gasteiger partial charge in [0.25, 0.3) is 0 Å². The minimum atomic E-state index is 0.0849. The number of rotatable bonds is 2. The summed E-state index contributed by atoms with van der Waals surface area (Å²) in [5.74, 6) is 1.12. The molecule has 0 radical (unpaired) electrons. The standard InChI is InChI=1S/C18H27NO/c1-2-19-16-14-18(12-8-4-3-5-9-13-18)20-17-11-7-6-10-15(16)17/h6-7,10-11,16,19H,2-5,8-9,12-14H2,1H3. The molecule has 1 fully saturated rings. The number of para-hydroxylation sites is 1. The molecule has 0 amide bonds. The Morgan fingerprint density at radius 3 is 2.55 bits per heavy atom. The molecule has 1 atom stereocenters. The minimum absolute atomic E-state index is 0.0849. The van der Waals surface area contributed by atoms with Gasteiger partial charge in [0, 0.05) is 18.0 Å². The largest absolute Gasteiger partial charge is 0.487 e. The molecular weight excluding hydrogens is 246 g/mol. The molecular formula is C18H27NO. The molecule has 0 saturated heterocycles. The highest BCUT2D eigenvalue weighted by Crippen LogP contribution is 2.44. The Balaban J connectivity index is 1.87. The molecule has 1 N–H and O–H groups in total. The molecule has 110 valence electrons. The van der Waals surface area contributed by atoms with Gasteiger partial charge in [-0.05, 0) is 38.3 Å². The highest BCUT2D eigenvalue weighted by Gasteiger charge is 2.40. The molecule has 1 aromatic rings. The smallest absolute Gasteiger partial charge is 0.124 e. The monoisotopic (exact) mass is 273 g/mol. The molecule has 1 spiro atoms. The third kappa shape index (κ3) is 2.85. The molecule has 1 aliphatic heterocycles. The van der Waals surface area contributed by atoms with Crippen LogP contribution in [0.3, 0.4) is 0 Å². The molecule has 3 rings (SSSR count). The Labute approximate surface area is 122 Å². The lowest BCUT2D eigenvalue weighted by Gasteiger charge is -2.43. The van der Waals surface area contributed by atoms with Crippen LogP contribution in [-0.4, -0.2) is 12.1 Å². The summed E-state index contributed by atoms with van der Waals surface area (Å²) in [7, 11) is 0. The second kappa shape index (κ2) is 6.17. The molecule has 1 aromatic carbocycles. The Bertz CT molecular complexity index is 435. The van der Waals surface area contributed by atoms with E-state index in [1.54, 1.807) is 0 Å². The van der Waals surface area contributed by atoms with E-state index in [-0.39, 0.29) is 5.60 Å². The summed E-state index contributed by atoms with van der Waals surface area (Å²) in [6, 6.07) is 9.06. The van der Waals surface area contributed by atoms with Gasteiger partial charge < -0.3 is 10.1 Å². The first-order valence-electron chi connectivity index (χ1n) is 8.34. The van der Waals surface area contributed by atoms with Crippen molar-refractivity contribution < 1.29 is 4.74 Å². The number of benzene rings is 1. The zero-order valence-electron chi connectivity index (χ0n) is 12.7. The Morgan fingerprint density at radius 1 is 1.10 bits per heavy atom. The lowest BCUT2D eigenvalue weighted by molar-refractivity contribution is 0.00666. The van der Waals surface area contributed by atoms with Crippen LogP contribution in [0.25, 0.3) is 0 Å². The zero-order chi connectivity index (χ0) is 13.8. The normalized spacial score (nSPS) is 25.4. The third-order valence-electron chi connectivity index (χ3n) is 4.91. The SMILES string of the molecule is CCNC1CC2(CCCCCCC2)Oc2ccccc21. The van der Waals surface area contributed by atoms with Gasteiger partial charge in [0.05, 0.1) is 0 Å². The van der Waals surface area contributed by atoms with E-state index in [1.165, 1.54) is 50.5 Å². The summed E-state index contributed by atoms with van der Waals surface area (Å²) < 4.78 is 6.53. The van der Waals surface area contributed by atoms with E-state index < -0.39 is 0 Å². The summed E-state index contributed by atoms with van der Waals surface area (Å²) >= 11 is 0. The third-order valence-corrected chi connectivity index (χ3v) is 4.91. The van der Waals surface area contributed by atoms with Gasteiger partial charge >= 0.3 is 0 Å². The van der Waals surface area contributed by atoms with Crippen molar-refractivity contribution in [1.29, 1.82) is 0 Å². The van der Waals surface area contributed by atoms with Crippen molar-refractivity contribution in [2.24, 2.45) is 0 Å². The van der Waals surface area contributed by atoms with E-state index in [0.717, 1.165) is 18.7 Å². The fourth-order valence-electron chi connectivity index (χ4n) is 3.90. The predicted molar refractivity (Wildman–Crippen MR) is 83.2 cm³/mol. The van der Waals surface area contributed by atoms with Gasteiger partial charge in [-0.2, -0.15) is 0 Å². The van der Waals surface area contributed by atoms with Crippen LogP contribution >= 0.6 is 0 Å². The van der Waals surface area contributed by atoms with Crippen molar-refractivity contribution >= 4 is 0 Å². The van der Waals surface area contributed by atoms with Crippen LogP contribution in [0.15, 0.2) is 24.3 Å². The van der Waals surface area contributed by atoms with Gasteiger partial charge in [-0.15, -0.1) is 0 Å². The maximum atomic E-state index is 6.53. The minimum Gasteiger partial charge on any atom is -0.487 e. The van der Waals surface area contributed by atoms with Crippen molar-refractivity contribution in [2.45, 2.75) is 69.9 Å². The molecule has 20 heavy (non-hydrogen) atoms. The van der Waals surface area contributed by atoms with Crippen LogP contribution in [-0.2, 0) is 0 Å². The highest BCUT2D eigenvalue weighted by molar-refractivity contribution is 5.39. The molecule has 2 aliphatic rings. The van der Waals surface area contributed by atoms with E-state index in [9.17, 15) is 0 Å². The van der Waals surface area contributed by atoms with Crippen LogP contribution in [0.4, 0.5) is 0 Å². The molecule has 1 saturated carbocycles.